The fraction of sp³-hybridized carbons (Fsp3) is 0.200. The second-order valence-corrected chi connectivity index (χ2v) is 6.29. The van der Waals surface area contributed by atoms with Crippen LogP contribution in [0.1, 0.15) is 45.7 Å². The van der Waals surface area contributed by atoms with Gasteiger partial charge in [0.2, 0.25) is 0 Å². The van der Waals surface area contributed by atoms with Crippen LogP contribution in [0.2, 0.25) is 0 Å². The molecule has 25 heavy (non-hydrogen) atoms. The Kier molecular flexibility index (Phi) is 10.6. The van der Waals surface area contributed by atoms with E-state index in [9.17, 15) is 0 Å². The number of benzene rings is 1. The number of allylic oxidation sites excluding steroid dienone is 10. The molecule has 0 saturated carbocycles. The molecule has 0 heterocycles. The van der Waals surface area contributed by atoms with E-state index >= 15 is 0 Å². The van der Waals surface area contributed by atoms with E-state index < -0.39 is 0 Å². The molecule has 0 radical (unpaired) electrons. The first-order valence-electron chi connectivity index (χ1n) is 8.41. The molecule has 0 fully saturated rings. The third-order valence-corrected chi connectivity index (χ3v) is 3.54. The van der Waals surface area contributed by atoms with Crippen molar-refractivity contribution in [3.8, 4) is 0 Å². The van der Waals surface area contributed by atoms with Crippen molar-refractivity contribution in [2.45, 2.75) is 34.6 Å². The Balaban J connectivity index is 0.000000609. The Morgan fingerprint density at radius 3 is 1.52 bits per heavy atom. The highest BCUT2D eigenvalue weighted by molar-refractivity contribution is 5.71. The van der Waals surface area contributed by atoms with Crippen LogP contribution in [-0.4, -0.2) is 0 Å². The van der Waals surface area contributed by atoms with Gasteiger partial charge in [0.15, 0.2) is 0 Å². The van der Waals surface area contributed by atoms with Gasteiger partial charge in [-0.3, -0.25) is 0 Å². The summed E-state index contributed by atoms with van der Waals surface area (Å²) in [5.41, 5.74) is 8.22. The van der Waals surface area contributed by atoms with Crippen molar-refractivity contribution in [3.05, 3.63) is 109 Å². The minimum Gasteiger partial charge on any atom is -0.0991 e. The molecule has 0 saturated heterocycles. The zero-order valence-electron chi connectivity index (χ0n) is 16.5. The van der Waals surface area contributed by atoms with Crippen molar-refractivity contribution in [3.63, 3.8) is 0 Å². The number of hydrogen-bond acceptors (Lipinski definition) is 0. The van der Waals surface area contributed by atoms with Gasteiger partial charge in [0.25, 0.3) is 0 Å². The summed E-state index contributed by atoms with van der Waals surface area (Å²) in [6.45, 7) is 25.2. The fourth-order valence-electron chi connectivity index (χ4n) is 1.85. The third-order valence-electron chi connectivity index (χ3n) is 3.54. The van der Waals surface area contributed by atoms with E-state index in [4.69, 9.17) is 0 Å². The van der Waals surface area contributed by atoms with Gasteiger partial charge in [0, 0.05) is 0 Å². The molecule has 0 aromatic heterocycles. The van der Waals surface area contributed by atoms with Crippen LogP contribution in [-0.2, 0) is 0 Å². The summed E-state index contributed by atoms with van der Waals surface area (Å²) >= 11 is 0. The van der Waals surface area contributed by atoms with Gasteiger partial charge in [0.05, 0.1) is 0 Å². The molecule has 0 N–H and O–H groups in total. The summed E-state index contributed by atoms with van der Waals surface area (Å²) in [5.74, 6) is 0. The van der Waals surface area contributed by atoms with Crippen molar-refractivity contribution in [2.75, 3.05) is 0 Å². The molecule has 0 aliphatic heterocycles. The highest BCUT2D eigenvalue weighted by atomic mass is 14.0. The minimum absolute atomic E-state index is 1.06. The summed E-state index contributed by atoms with van der Waals surface area (Å²) in [6.07, 6.45) is 9.72. The Bertz CT molecular complexity index is 685. The maximum atomic E-state index is 3.94. The van der Waals surface area contributed by atoms with Gasteiger partial charge < -0.3 is 0 Å². The molecule has 1 rings (SSSR count). The number of hydrogen-bond donors (Lipinski definition) is 0. The third kappa shape index (κ3) is 9.99. The first-order chi connectivity index (χ1) is 11.7. The lowest BCUT2D eigenvalue weighted by Gasteiger charge is -2.06. The van der Waals surface area contributed by atoms with Crippen LogP contribution in [0, 0.1) is 0 Å². The normalized spacial score (nSPS) is 11.6. The molecule has 0 heteroatoms. The van der Waals surface area contributed by atoms with Crippen LogP contribution in [0.3, 0.4) is 0 Å². The van der Waals surface area contributed by atoms with E-state index in [1.165, 1.54) is 22.3 Å². The standard InChI is InChI=1S/C17H20.C8H12/c1-6-7-8-14(4)15(5)17-11-9-16(10-12-17)13(2)3;1-7(2)5-6-8(3)4/h6-12H,1-2H2,3-5H3;5-6H,1,3H2,2,4H3/b8-7-,15-14+;6-5-. The van der Waals surface area contributed by atoms with Crippen molar-refractivity contribution >= 4 is 11.1 Å². The Morgan fingerprint density at radius 2 is 1.16 bits per heavy atom. The minimum atomic E-state index is 1.06. The van der Waals surface area contributed by atoms with Crippen LogP contribution < -0.4 is 0 Å². The fourth-order valence-corrected chi connectivity index (χ4v) is 1.85. The van der Waals surface area contributed by atoms with Gasteiger partial charge >= 0.3 is 0 Å². The van der Waals surface area contributed by atoms with E-state index in [0.717, 1.165) is 16.7 Å². The second kappa shape index (κ2) is 11.9. The first-order valence-corrected chi connectivity index (χ1v) is 8.41. The molecule has 0 amide bonds. The van der Waals surface area contributed by atoms with Gasteiger partial charge in [0.1, 0.15) is 0 Å². The monoisotopic (exact) mass is 332 g/mol. The van der Waals surface area contributed by atoms with Crippen molar-refractivity contribution < 1.29 is 0 Å². The Hall–Kier alpha value is -2.60. The topological polar surface area (TPSA) is 0 Å². The highest BCUT2D eigenvalue weighted by Crippen LogP contribution is 2.21. The summed E-state index contributed by atoms with van der Waals surface area (Å²) in [6, 6.07) is 8.52. The van der Waals surface area contributed by atoms with Gasteiger partial charge in [-0.05, 0) is 56.9 Å². The molecule has 0 nitrogen and oxygen atoms in total. The van der Waals surface area contributed by atoms with Gasteiger partial charge in [-0.1, -0.05) is 97.7 Å². The summed E-state index contributed by atoms with van der Waals surface area (Å²) < 4.78 is 0. The Labute approximate surface area is 155 Å². The van der Waals surface area contributed by atoms with Crippen LogP contribution in [0.5, 0.6) is 0 Å². The molecular formula is C25H32. The average molecular weight is 333 g/mol. The van der Waals surface area contributed by atoms with Crippen molar-refractivity contribution in [1.82, 2.24) is 0 Å². The lowest BCUT2D eigenvalue weighted by atomic mass is 9.99. The van der Waals surface area contributed by atoms with Crippen molar-refractivity contribution in [1.29, 1.82) is 0 Å². The van der Waals surface area contributed by atoms with E-state index in [1.807, 2.05) is 39.0 Å². The van der Waals surface area contributed by atoms with Crippen LogP contribution in [0.15, 0.2) is 97.7 Å². The molecule has 0 atom stereocenters. The largest absolute Gasteiger partial charge is 0.0991 e. The van der Waals surface area contributed by atoms with E-state index in [1.54, 1.807) is 6.08 Å². The van der Waals surface area contributed by atoms with E-state index in [0.29, 0.717) is 0 Å². The van der Waals surface area contributed by atoms with Gasteiger partial charge in [-0.2, -0.15) is 0 Å². The summed E-state index contributed by atoms with van der Waals surface area (Å²) in [5, 5.41) is 0. The van der Waals surface area contributed by atoms with E-state index in [2.05, 4.69) is 70.5 Å². The Morgan fingerprint density at radius 1 is 0.720 bits per heavy atom. The summed E-state index contributed by atoms with van der Waals surface area (Å²) in [4.78, 5) is 0. The van der Waals surface area contributed by atoms with Gasteiger partial charge in [-0.15, -0.1) is 0 Å². The lowest BCUT2D eigenvalue weighted by molar-refractivity contribution is 1.44. The van der Waals surface area contributed by atoms with Crippen LogP contribution in [0.25, 0.3) is 11.1 Å². The molecule has 0 spiro atoms. The smallest absolute Gasteiger partial charge is 0.0224 e. The molecule has 132 valence electrons. The maximum absolute atomic E-state index is 3.94. The first kappa shape index (κ1) is 22.4. The highest BCUT2D eigenvalue weighted by Gasteiger charge is 1.99. The predicted octanol–water partition coefficient (Wildman–Crippen LogP) is 7.95. The molecule has 0 aliphatic carbocycles. The van der Waals surface area contributed by atoms with Crippen LogP contribution in [0.4, 0.5) is 0 Å². The molecule has 0 bridgehead atoms. The maximum Gasteiger partial charge on any atom is -0.0224 e. The SMILES string of the molecule is C=C(C)/C=C\C(=C)C.C=C/C=C\C(C)=C(/C)c1ccc(C(=C)C)cc1. The van der Waals surface area contributed by atoms with Gasteiger partial charge in [-0.25, -0.2) is 0 Å². The summed E-state index contributed by atoms with van der Waals surface area (Å²) in [7, 11) is 0. The van der Waals surface area contributed by atoms with Crippen LogP contribution >= 0.6 is 0 Å². The molecule has 0 unspecified atom stereocenters. The predicted molar refractivity (Wildman–Crippen MR) is 118 cm³/mol. The molecule has 0 aliphatic rings. The lowest BCUT2D eigenvalue weighted by Crippen LogP contribution is -1.85. The number of rotatable bonds is 6. The molecular weight excluding hydrogens is 300 g/mol. The zero-order valence-corrected chi connectivity index (χ0v) is 16.5. The average Bonchev–Trinajstić information content (AvgIpc) is 2.57. The van der Waals surface area contributed by atoms with Crippen molar-refractivity contribution in [2.24, 2.45) is 0 Å². The zero-order chi connectivity index (χ0) is 19.4. The molecule has 1 aromatic carbocycles. The quantitative estimate of drug-likeness (QED) is 0.464. The second-order valence-electron chi connectivity index (χ2n) is 6.29. The van der Waals surface area contributed by atoms with E-state index in [-0.39, 0.29) is 0 Å². The molecule has 1 aromatic rings.